The van der Waals surface area contributed by atoms with Crippen molar-refractivity contribution in [2.24, 2.45) is 5.41 Å². The fraction of sp³-hybridized carbons (Fsp3) is 0.367. The summed E-state index contributed by atoms with van der Waals surface area (Å²) in [5.74, 6) is 1.02. The van der Waals surface area contributed by atoms with Gasteiger partial charge in [0.2, 0.25) is 0 Å². The summed E-state index contributed by atoms with van der Waals surface area (Å²) in [4.78, 5) is 20.6. The average Bonchev–Trinajstić information content (AvgIpc) is 3.33. The summed E-state index contributed by atoms with van der Waals surface area (Å²) in [7, 11) is -2.42. The Morgan fingerprint density at radius 3 is 2.45 bits per heavy atom. The van der Waals surface area contributed by atoms with Gasteiger partial charge in [-0.2, -0.15) is 0 Å². The molecule has 42 heavy (non-hydrogen) atoms. The van der Waals surface area contributed by atoms with Crippen molar-refractivity contribution >= 4 is 44.6 Å². The molecule has 10 nitrogen and oxygen atoms in total. The Kier molecular flexibility index (Phi) is 7.84. The molecule has 4 aromatic rings. The van der Waals surface area contributed by atoms with Crippen LogP contribution in [0, 0.1) is 5.41 Å². The third kappa shape index (κ3) is 5.63. The number of anilines is 1. The van der Waals surface area contributed by atoms with Crippen molar-refractivity contribution in [1.29, 1.82) is 0 Å². The quantitative estimate of drug-likeness (QED) is 0.204. The van der Waals surface area contributed by atoms with E-state index in [1.54, 1.807) is 48.7 Å². The van der Waals surface area contributed by atoms with E-state index in [0.717, 1.165) is 12.8 Å². The lowest BCUT2D eigenvalue weighted by molar-refractivity contribution is 0.0804. The number of amides is 1. The van der Waals surface area contributed by atoms with Crippen LogP contribution in [0.2, 0.25) is 5.15 Å². The van der Waals surface area contributed by atoms with Crippen molar-refractivity contribution in [3.05, 3.63) is 66.1 Å². The molecule has 0 saturated heterocycles. The Labute approximate surface area is 250 Å². The zero-order chi connectivity index (χ0) is 30.3. The predicted molar refractivity (Wildman–Crippen MR) is 163 cm³/mol. The van der Waals surface area contributed by atoms with Crippen LogP contribution in [0.15, 0.2) is 65.8 Å². The predicted octanol–water partition coefficient (Wildman–Crippen LogP) is 6.40. The zero-order valence-electron chi connectivity index (χ0n) is 23.9. The molecule has 1 aromatic carbocycles. The van der Waals surface area contributed by atoms with Crippen molar-refractivity contribution in [2.75, 3.05) is 12.4 Å². The van der Waals surface area contributed by atoms with E-state index in [1.165, 1.54) is 17.3 Å². The molecule has 222 valence electrons. The van der Waals surface area contributed by atoms with E-state index in [1.807, 2.05) is 6.07 Å². The summed E-state index contributed by atoms with van der Waals surface area (Å²) >= 11 is 6.49. The number of pyridine rings is 2. The van der Waals surface area contributed by atoms with Gasteiger partial charge in [-0.1, -0.05) is 50.6 Å². The third-order valence-corrected chi connectivity index (χ3v) is 10.1. The normalized spacial score (nSPS) is 19.4. The largest absolute Gasteiger partial charge is 0.495 e. The third-order valence-electron chi connectivity index (χ3n) is 8.20. The number of nitrogens with zero attached hydrogens (tertiary/aromatic N) is 3. The van der Waals surface area contributed by atoms with Gasteiger partial charge < -0.3 is 20.5 Å². The molecule has 1 amide bonds. The maximum Gasteiger partial charge on any atom is 0.405 e. The van der Waals surface area contributed by atoms with Crippen LogP contribution in [0.4, 0.5) is 10.6 Å². The SMILES string of the molecule is COc1cnc2c(c1)c(-c1cc(Cl)nc(NC3CCC(NC(=O)O)(C(C)(C)C)CC3)c1)cn2S(=O)(=O)c1ccccc1. The molecule has 12 heteroatoms. The summed E-state index contributed by atoms with van der Waals surface area (Å²) in [6.45, 7) is 6.17. The minimum Gasteiger partial charge on any atom is -0.495 e. The summed E-state index contributed by atoms with van der Waals surface area (Å²) in [6.07, 6.45) is 4.82. The number of fused-ring (bicyclic) bond motifs is 1. The molecular weight excluding hydrogens is 578 g/mol. The van der Waals surface area contributed by atoms with Gasteiger partial charge in [-0.15, -0.1) is 0 Å². The maximum absolute atomic E-state index is 13.6. The Bertz CT molecular complexity index is 1730. The first-order chi connectivity index (χ1) is 19.8. The van der Waals surface area contributed by atoms with Crippen molar-refractivity contribution in [2.45, 2.75) is 62.9 Å². The number of aromatic nitrogens is 3. The molecule has 0 unspecified atom stereocenters. The summed E-state index contributed by atoms with van der Waals surface area (Å²) in [5, 5.41) is 16.6. The summed E-state index contributed by atoms with van der Waals surface area (Å²) < 4.78 is 33.8. The Balaban J connectivity index is 1.50. The molecule has 3 aromatic heterocycles. The highest BCUT2D eigenvalue weighted by Gasteiger charge is 2.45. The maximum atomic E-state index is 13.6. The van der Waals surface area contributed by atoms with Crippen LogP contribution >= 0.6 is 11.6 Å². The number of rotatable bonds is 7. The number of carboxylic acid groups (broad SMARTS) is 1. The van der Waals surface area contributed by atoms with Crippen LogP contribution in [-0.4, -0.2) is 52.2 Å². The average molecular weight is 612 g/mol. The van der Waals surface area contributed by atoms with Gasteiger partial charge in [-0.25, -0.2) is 27.2 Å². The number of ether oxygens (including phenoxy) is 1. The number of halogens is 1. The highest BCUT2D eigenvalue weighted by Crippen LogP contribution is 2.43. The lowest BCUT2D eigenvalue weighted by Crippen LogP contribution is -2.59. The van der Waals surface area contributed by atoms with Gasteiger partial charge in [-0.3, -0.25) is 0 Å². The minimum absolute atomic E-state index is 0.0523. The van der Waals surface area contributed by atoms with Gasteiger partial charge >= 0.3 is 6.09 Å². The van der Waals surface area contributed by atoms with E-state index in [2.05, 4.69) is 41.4 Å². The first-order valence-electron chi connectivity index (χ1n) is 13.6. The molecule has 1 aliphatic carbocycles. The van der Waals surface area contributed by atoms with Crippen molar-refractivity contribution in [3.8, 4) is 16.9 Å². The molecule has 0 spiro atoms. The highest BCUT2D eigenvalue weighted by atomic mass is 35.5. The molecule has 0 bridgehead atoms. The second-order valence-corrected chi connectivity index (χ2v) is 13.8. The van der Waals surface area contributed by atoms with Gasteiger partial charge in [0.15, 0.2) is 5.65 Å². The Morgan fingerprint density at radius 2 is 1.83 bits per heavy atom. The van der Waals surface area contributed by atoms with Gasteiger partial charge in [0.1, 0.15) is 16.7 Å². The Morgan fingerprint density at radius 1 is 1.14 bits per heavy atom. The molecule has 5 rings (SSSR count). The number of hydrogen-bond donors (Lipinski definition) is 3. The number of benzene rings is 1. The van der Waals surface area contributed by atoms with Gasteiger partial charge in [0, 0.05) is 28.7 Å². The smallest absolute Gasteiger partial charge is 0.405 e. The van der Waals surface area contributed by atoms with Crippen LogP contribution < -0.4 is 15.4 Å². The topological polar surface area (TPSA) is 135 Å². The fourth-order valence-electron chi connectivity index (χ4n) is 5.75. The molecule has 3 heterocycles. The van der Waals surface area contributed by atoms with E-state index in [0.29, 0.717) is 40.9 Å². The standard InChI is InChI=1S/C30H34ClN5O5S/c1-29(2,3)30(35-28(37)38)12-10-20(11-13-30)33-26-15-19(14-25(31)34-26)24-18-36(27-23(24)16-21(41-4)17-32-27)42(39,40)22-8-6-5-7-9-22/h5-9,14-18,20,35H,10-13H2,1-4H3,(H,33,34)(H,37,38). The van der Waals surface area contributed by atoms with Crippen molar-refractivity contribution in [3.63, 3.8) is 0 Å². The van der Waals surface area contributed by atoms with Gasteiger partial charge in [-0.05, 0) is 67.0 Å². The molecule has 1 saturated carbocycles. The number of methoxy groups -OCH3 is 1. The second-order valence-electron chi connectivity index (χ2n) is 11.6. The zero-order valence-corrected chi connectivity index (χ0v) is 25.5. The van der Waals surface area contributed by atoms with Gasteiger partial charge in [0.05, 0.1) is 18.2 Å². The molecule has 1 aliphatic rings. The molecule has 1 fully saturated rings. The van der Waals surface area contributed by atoms with Crippen LogP contribution in [-0.2, 0) is 10.0 Å². The number of hydrogen-bond acceptors (Lipinski definition) is 7. The Hall–Kier alpha value is -3.83. The van der Waals surface area contributed by atoms with E-state index >= 15 is 0 Å². The van der Waals surface area contributed by atoms with Crippen LogP contribution in [0.1, 0.15) is 46.5 Å². The van der Waals surface area contributed by atoms with Crippen LogP contribution in [0.25, 0.3) is 22.2 Å². The fourth-order valence-corrected chi connectivity index (χ4v) is 7.30. The molecule has 0 atom stereocenters. The van der Waals surface area contributed by atoms with E-state index < -0.39 is 21.7 Å². The van der Waals surface area contributed by atoms with E-state index in [9.17, 15) is 18.3 Å². The minimum atomic E-state index is -3.95. The van der Waals surface area contributed by atoms with Crippen molar-refractivity contribution < 1.29 is 23.1 Å². The monoisotopic (exact) mass is 611 g/mol. The van der Waals surface area contributed by atoms with Crippen LogP contribution in [0.3, 0.4) is 0 Å². The first kappa shape index (κ1) is 29.7. The summed E-state index contributed by atoms with van der Waals surface area (Å²) in [6, 6.07) is 13.5. The highest BCUT2D eigenvalue weighted by molar-refractivity contribution is 7.90. The molecule has 0 aliphatic heterocycles. The van der Waals surface area contributed by atoms with Crippen molar-refractivity contribution in [1.82, 2.24) is 19.3 Å². The molecule has 0 radical (unpaired) electrons. The van der Waals surface area contributed by atoms with E-state index in [-0.39, 0.29) is 27.2 Å². The lowest BCUT2D eigenvalue weighted by atomic mass is 9.64. The molecular formula is C30H34ClN5O5S. The second kappa shape index (κ2) is 11.1. The summed E-state index contributed by atoms with van der Waals surface area (Å²) in [5.41, 5.74) is 0.744. The van der Waals surface area contributed by atoms with E-state index in [4.69, 9.17) is 16.3 Å². The van der Waals surface area contributed by atoms with Gasteiger partial charge in [0.25, 0.3) is 10.0 Å². The molecule has 3 N–H and O–H groups in total. The lowest BCUT2D eigenvalue weighted by Gasteiger charge is -2.49. The number of nitrogens with one attached hydrogen (secondary N) is 2. The number of carbonyl (C=O) groups is 1. The first-order valence-corrected chi connectivity index (χ1v) is 15.5. The van der Waals surface area contributed by atoms with Crippen LogP contribution in [0.5, 0.6) is 5.75 Å².